The molecule has 0 spiro atoms. The molecule has 2 N–H and O–H groups in total. The second kappa shape index (κ2) is 8.94. The Morgan fingerprint density at radius 2 is 1.88 bits per heavy atom. The van der Waals surface area contributed by atoms with Gasteiger partial charge in [0.25, 0.3) is 0 Å². The lowest BCUT2D eigenvalue weighted by molar-refractivity contribution is 0.273. The average molecular weight is 367 g/mol. The van der Waals surface area contributed by atoms with Gasteiger partial charge in [-0.25, -0.2) is 17.5 Å². The molecule has 0 aliphatic heterocycles. The molecule has 0 aliphatic carbocycles. The van der Waals surface area contributed by atoms with E-state index in [0.717, 1.165) is 17.7 Å². The van der Waals surface area contributed by atoms with E-state index < -0.39 is 15.8 Å². The minimum atomic E-state index is -3.90. The van der Waals surface area contributed by atoms with Crippen molar-refractivity contribution in [1.29, 1.82) is 0 Å². The number of nitrogens with one attached hydrogen (secondary N) is 1. The van der Waals surface area contributed by atoms with E-state index >= 15 is 0 Å². The molecule has 0 bridgehead atoms. The van der Waals surface area contributed by atoms with Crippen LogP contribution in [0.3, 0.4) is 0 Å². The number of benzene rings is 2. The van der Waals surface area contributed by atoms with Gasteiger partial charge >= 0.3 is 0 Å². The molecule has 5 nitrogen and oxygen atoms in total. The maximum atomic E-state index is 13.4. The highest BCUT2D eigenvalue weighted by Gasteiger charge is 2.21. The van der Waals surface area contributed by atoms with E-state index in [9.17, 15) is 17.9 Å². The summed E-state index contributed by atoms with van der Waals surface area (Å²) in [5.74, 6) is -0.532. The van der Waals surface area contributed by atoms with Gasteiger partial charge in [0.15, 0.2) is 0 Å². The van der Waals surface area contributed by atoms with Crippen molar-refractivity contribution in [2.24, 2.45) is 0 Å². The molecule has 0 amide bonds. The second-order valence-electron chi connectivity index (χ2n) is 5.60. The lowest BCUT2D eigenvalue weighted by Crippen LogP contribution is -2.26. The molecule has 7 heteroatoms. The molecular formula is C18H22FNO4S. The van der Waals surface area contributed by atoms with Gasteiger partial charge in [0.1, 0.15) is 16.5 Å². The lowest BCUT2D eigenvalue weighted by Gasteiger charge is -2.17. The van der Waals surface area contributed by atoms with Crippen LogP contribution >= 0.6 is 0 Å². The number of hydrogen-bond acceptors (Lipinski definition) is 4. The summed E-state index contributed by atoms with van der Waals surface area (Å²) in [7, 11) is -2.56. The third-order valence-corrected chi connectivity index (χ3v) is 5.43. The van der Waals surface area contributed by atoms with E-state index in [0.29, 0.717) is 12.8 Å². The first-order chi connectivity index (χ1) is 12.0. The fourth-order valence-corrected chi connectivity index (χ4v) is 3.89. The first-order valence-corrected chi connectivity index (χ1v) is 9.45. The predicted molar refractivity (Wildman–Crippen MR) is 93.6 cm³/mol. The largest absolute Gasteiger partial charge is 0.495 e. The van der Waals surface area contributed by atoms with Crippen LogP contribution in [0.1, 0.15) is 24.3 Å². The lowest BCUT2D eigenvalue weighted by atomic mass is 9.93. The smallest absolute Gasteiger partial charge is 0.244 e. The molecule has 0 aliphatic rings. The number of rotatable bonds is 9. The molecule has 2 aromatic carbocycles. The van der Waals surface area contributed by atoms with Crippen LogP contribution in [0, 0.1) is 5.82 Å². The average Bonchev–Trinajstić information content (AvgIpc) is 2.61. The summed E-state index contributed by atoms with van der Waals surface area (Å²) in [5.41, 5.74) is 1.04. The van der Waals surface area contributed by atoms with Gasteiger partial charge in [0.2, 0.25) is 10.0 Å². The molecule has 25 heavy (non-hydrogen) atoms. The van der Waals surface area contributed by atoms with E-state index in [1.165, 1.54) is 13.2 Å². The Morgan fingerprint density at radius 1 is 1.16 bits per heavy atom. The molecular weight excluding hydrogens is 345 g/mol. The number of halogens is 1. The van der Waals surface area contributed by atoms with Gasteiger partial charge in [-0.05, 0) is 42.5 Å². The first kappa shape index (κ1) is 19.4. The third-order valence-electron chi connectivity index (χ3n) is 3.95. The van der Waals surface area contributed by atoms with Crippen LogP contribution in [0.25, 0.3) is 0 Å². The van der Waals surface area contributed by atoms with Gasteiger partial charge in [-0.15, -0.1) is 0 Å². The van der Waals surface area contributed by atoms with E-state index in [-0.39, 0.29) is 29.7 Å². The van der Waals surface area contributed by atoms with Gasteiger partial charge in [0.05, 0.1) is 7.11 Å². The first-order valence-electron chi connectivity index (χ1n) is 7.97. The van der Waals surface area contributed by atoms with Crippen molar-refractivity contribution >= 4 is 10.0 Å². The minimum Gasteiger partial charge on any atom is -0.495 e. The summed E-state index contributed by atoms with van der Waals surface area (Å²) < 4.78 is 45.8. The Bertz CT molecular complexity index is 781. The molecule has 0 saturated heterocycles. The van der Waals surface area contributed by atoms with Crippen molar-refractivity contribution in [2.75, 3.05) is 20.3 Å². The Labute approximate surface area is 147 Å². The van der Waals surface area contributed by atoms with E-state index in [2.05, 4.69) is 4.72 Å². The van der Waals surface area contributed by atoms with Crippen molar-refractivity contribution in [3.05, 3.63) is 59.9 Å². The molecule has 0 saturated carbocycles. The van der Waals surface area contributed by atoms with E-state index in [4.69, 9.17) is 4.74 Å². The highest BCUT2D eigenvalue weighted by atomic mass is 32.2. The molecule has 0 radical (unpaired) electrons. The van der Waals surface area contributed by atoms with Gasteiger partial charge < -0.3 is 9.84 Å². The van der Waals surface area contributed by atoms with Gasteiger partial charge in [0, 0.05) is 13.2 Å². The van der Waals surface area contributed by atoms with E-state index in [1.54, 1.807) is 0 Å². The van der Waals surface area contributed by atoms with Crippen LogP contribution in [-0.2, 0) is 10.0 Å². The third kappa shape index (κ3) is 5.26. The highest BCUT2D eigenvalue weighted by molar-refractivity contribution is 7.89. The van der Waals surface area contributed by atoms with Crippen LogP contribution in [0.15, 0.2) is 53.4 Å². The van der Waals surface area contributed by atoms with Crippen molar-refractivity contribution in [2.45, 2.75) is 23.7 Å². The van der Waals surface area contributed by atoms with Gasteiger partial charge in [-0.3, -0.25) is 0 Å². The quantitative estimate of drug-likeness (QED) is 0.714. The van der Waals surface area contributed by atoms with Crippen molar-refractivity contribution in [3.63, 3.8) is 0 Å². The summed E-state index contributed by atoms with van der Waals surface area (Å²) in [4.78, 5) is -0.228. The summed E-state index contributed by atoms with van der Waals surface area (Å²) in [5, 5.41) is 9.24. The van der Waals surface area contributed by atoms with Crippen LogP contribution in [-0.4, -0.2) is 33.8 Å². The molecule has 0 fully saturated rings. The number of sulfonamides is 1. The molecule has 136 valence electrons. The van der Waals surface area contributed by atoms with Crippen LogP contribution in [0.5, 0.6) is 5.75 Å². The number of aliphatic hydroxyl groups excluding tert-OH is 1. The normalized spacial score (nSPS) is 12.8. The molecule has 2 aromatic rings. The van der Waals surface area contributed by atoms with E-state index in [1.807, 2.05) is 30.3 Å². The molecule has 2 rings (SSSR count). The number of hydrogen-bond donors (Lipinski definition) is 2. The molecule has 0 heterocycles. The number of ether oxygens (including phenoxy) is 1. The van der Waals surface area contributed by atoms with Crippen molar-refractivity contribution in [3.8, 4) is 5.75 Å². The Balaban J connectivity index is 2.08. The van der Waals surface area contributed by atoms with Crippen molar-refractivity contribution in [1.82, 2.24) is 4.72 Å². The Hall–Kier alpha value is -1.96. The van der Waals surface area contributed by atoms with Gasteiger partial charge in [-0.1, -0.05) is 30.3 Å². The summed E-state index contributed by atoms with van der Waals surface area (Å²) >= 11 is 0. The monoisotopic (exact) mass is 367 g/mol. The van der Waals surface area contributed by atoms with Crippen LogP contribution in [0.4, 0.5) is 4.39 Å². The second-order valence-corrected chi connectivity index (χ2v) is 7.34. The highest BCUT2D eigenvalue weighted by Crippen LogP contribution is 2.25. The SMILES string of the molecule is COc1ccc(F)cc1S(=O)(=O)NCCC(CCO)c1ccccc1. The Kier molecular flexibility index (Phi) is 6.92. The fourth-order valence-electron chi connectivity index (χ4n) is 2.66. The summed E-state index contributed by atoms with van der Waals surface area (Å²) in [6.45, 7) is 0.186. The maximum Gasteiger partial charge on any atom is 0.244 e. The fraction of sp³-hybridized carbons (Fsp3) is 0.333. The number of aliphatic hydroxyl groups is 1. The zero-order valence-corrected chi connectivity index (χ0v) is 14.8. The topological polar surface area (TPSA) is 75.6 Å². The molecule has 1 atom stereocenters. The predicted octanol–water partition coefficient (Wildman–Crippen LogP) is 2.67. The standard InChI is InChI=1S/C18H22FNO4S/c1-24-17-8-7-16(19)13-18(17)25(22,23)20-11-9-15(10-12-21)14-5-3-2-4-6-14/h2-8,13,15,20-21H,9-12H2,1H3. The van der Waals surface area contributed by atoms with Crippen LogP contribution in [0.2, 0.25) is 0 Å². The Morgan fingerprint density at radius 3 is 2.52 bits per heavy atom. The zero-order valence-electron chi connectivity index (χ0n) is 14.0. The van der Waals surface area contributed by atoms with Gasteiger partial charge in [-0.2, -0.15) is 0 Å². The number of methoxy groups -OCH3 is 1. The maximum absolute atomic E-state index is 13.4. The summed E-state index contributed by atoms with van der Waals surface area (Å²) in [6.07, 6.45) is 1.05. The molecule has 0 aromatic heterocycles. The van der Waals surface area contributed by atoms with Crippen LogP contribution < -0.4 is 9.46 Å². The van der Waals surface area contributed by atoms with Crippen molar-refractivity contribution < 1.29 is 22.7 Å². The summed E-state index contributed by atoms with van der Waals surface area (Å²) in [6, 6.07) is 13.0. The molecule has 1 unspecified atom stereocenters. The minimum absolute atomic E-state index is 0.0179. The zero-order chi connectivity index (χ0) is 18.3.